The van der Waals surface area contributed by atoms with Crippen molar-refractivity contribution in [3.8, 4) is 0 Å². The van der Waals surface area contributed by atoms with E-state index in [4.69, 9.17) is 0 Å². The molecule has 0 aliphatic heterocycles. The van der Waals surface area contributed by atoms with Crippen molar-refractivity contribution in [2.75, 3.05) is 5.32 Å². The molecule has 0 radical (unpaired) electrons. The number of anilines is 1. The van der Waals surface area contributed by atoms with Crippen LogP contribution in [0.1, 0.15) is 18.0 Å². The first-order chi connectivity index (χ1) is 9.63. The molecule has 0 fully saturated rings. The molecule has 102 valence electrons. The third-order valence-corrected chi connectivity index (χ3v) is 5.35. The molecule has 20 heavy (non-hydrogen) atoms. The van der Waals surface area contributed by atoms with Crippen LogP contribution in [-0.2, 0) is 0 Å². The first-order valence-electron chi connectivity index (χ1n) is 6.20. The first kappa shape index (κ1) is 14.0. The number of para-hydroxylation sites is 1. The van der Waals surface area contributed by atoms with Crippen molar-refractivity contribution in [3.63, 3.8) is 0 Å². The van der Waals surface area contributed by atoms with E-state index in [2.05, 4.69) is 67.3 Å². The van der Waals surface area contributed by atoms with E-state index in [1.165, 1.54) is 4.70 Å². The lowest BCUT2D eigenvalue weighted by Crippen LogP contribution is -2.06. The maximum Gasteiger partial charge on any atom is 0.116 e. The Hall–Kier alpha value is -0.910. The summed E-state index contributed by atoms with van der Waals surface area (Å²) in [5.74, 6) is 0. The number of aromatic nitrogens is 1. The Morgan fingerprint density at radius 1 is 1.15 bits per heavy atom. The fourth-order valence-electron chi connectivity index (χ4n) is 1.98. The van der Waals surface area contributed by atoms with Crippen LogP contribution in [0.4, 0.5) is 5.69 Å². The number of halogens is 2. The molecule has 1 aromatic heterocycles. The minimum absolute atomic E-state index is 0.171. The topological polar surface area (TPSA) is 24.9 Å². The Balaban J connectivity index is 1.86. The highest BCUT2D eigenvalue weighted by Crippen LogP contribution is 2.32. The van der Waals surface area contributed by atoms with Crippen LogP contribution in [0.3, 0.4) is 0 Å². The van der Waals surface area contributed by atoms with Gasteiger partial charge < -0.3 is 5.32 Å². The van der Waals surface area contributed by atoms with Gasteiger partial charge in [-0.15, -0.1) is 11.3 Å². The van der Waals surface area contributed by atoms with Crippen LogP contribution in [0.15, 0.2) is 51.4 Å². The van der Waals surface area contributed by atoms with Crippen LogP contribution in [0.25, 0.3) is 10.2 Å². The van der Waals surface area contributed by atoms with Crippen molar-refractivity contribution in [1.29, 1.82) is 0 Å². The smallest absolute Gasteiger partial charge is 0.116 e. The van der Waals surface area contributed by atoms with Crippen molar-refractivity contribution in [1.82, 2.24) is 4.98 Å². The number of nitrogens with zero attached hydrogens (tertiary/aromatic N) is 1. The van der Waals surface area contributed by atoms with Gasteiger partial charge in [0, 0.05) is 14.6 Å². The lowest BCUT2D eigenvalue weighted by Gasteiger charge is -2.14. The lowest BCUT2D eigenvalue weighted by molar-refractivity contribution is 0.873. The highest BCUT2D eigenvalue weighted by Gasteiger charge is 2.12. The van der Waals surface area contributed by atoms with E-state index < -0.39 is 0 Å². The van der Waals surface area contributed by atoms with Crippen molar-refractivity contribution < 1.29 is 0 Å². The van der Waals surface area contributed by atoms with Crippen molar-refractivity contribution >= 4 is 59.1 Å². The zero-order valence-electron chi connectivity index (χ0n) is 10.7. The predicted octanol–water partition coefficient (Wildman–Crippen LogP) is 5.99. The summed E-state index contributed by atoms with van der Waals surface area (Å²) in [6.07, 6.45) is 0. The molecule has 0 amide bonds. The second-order valence-electron chi connectivity index (χ2n) is 4.51. The van der Waals surface area contributed by atoms with E-state index in [-0.39, 0.29) is 6.04 Å². The molecule has 0 saturated heterocycles. The standard InChI is InChI=1S/C15H12Br2N2S/c1-9(18-12-7-6-10(16)8-11(12)17)15-19-13-4-2-3-5-14(13)20-15/h2-9,18H,1H3. The minimum atomic E-state index is 0.171. The molecule has 1 N–H and O–H groups in total. The highest BCUT2D eigenvalue weighted by molar-refractivity contribution is 9.11. The largest absolute Gasteiger partial charge is 0.375 e. The summed E-state index contributed by atoms with van der Waals surface area (Å²) in [5.41, 5.74) is 2.14. The van der Waals surface area contributed by atoms with Gasteiger partial charge >= 0.3 is 0 Å². The van der Waals surface area contributed by atoms with Crippen molar-refractivity contribution in [2.45, 2.75) is 13.0 Å². The molecule has 2 nitrogen and oxygen atoms in total. The summed E-state index contributed by atoms with van der Waals surface area (Å²) in [6.45, 7) is 2.13. The molecule has 3 rings (SSSR count). The molecular weight excluding hydrogens is 400 g/mol. The zero-order chi connectivity index (χ0) is 14.1. The Bertz CT molecular complexity index is 721. The summed E-state index contributed by atoms with van der Waals surface area (Å²) in [4.78, 5) is 4.69. The van der Waals surface area contributed by atoms with Gasteiger partial charge in [0.2, 0.25) is 0 Å². The number of hydrogen-bond donors (Lipinski definition) is 1. The van der Waals surface area contributed by atoms with E-state index in [0.717, 1.165) is 25.2 Å². The van der Waals surface area contributed by atoms with Gasteiger partial charge in [0.05, 0.1) is 16.3 Å². The van der Waals surface area contributed by atoms with Gasteiger partial charge in [0.25, 0.3) is 0 Å². The van der Waals surface area contributed by atoms with Crippen LogP contribution in [0.5, 0.6) is 0 Å². The molecule has 2 aromatic carbocycles. The van der Waals surface area contributed by atoms with Crippen LogP contribution in [0.2, 0.25) is 0 Å². The molecule has 0 aliphatic carbocycles. The zero-order valence-corrected chi connectivity index (χ0v) is 14.7. The van der Waals surface area contributed by atoms with Gasteiger partial charge in [-0.05, 0) is 53.2 Å². The molecular formula is C15H12Br2N2S. The Labute approximate surface area is 138 Å². The first-order valence-corrected chi connectivity index (χ1v) is 8.61. The molecule has 0 aliphatic rings. The monoisotopic (exact) mass is 410 g/mol. The Kier molecular flexibility index (Phi) is 4.10. The van der Waals surface area contributed by atoms with Gasteiger partial charge in [-0.1, -0.05) is 28.1 Å². The molecule has 1 heterocycles. The highest BCUT2D eigenvalue weighted by atomic mass is 79.9. The van der Waals surface area contributed by atoms with Crippen molar-refractivity contribution in [2.24, 2.45) is 0 Å². The van der Waals surface area contributed by atoms with E-state index >= 15 is 0 Å². The molecule has 3 aromatic rings. The average molecular weight is 412 g/mol. The van der Waals surface area contributed by atoms with Crippen LogP contribution < -0.4 is 5.32 Å². The number of fused-ring (bicyclic) bond motifs is 1. The molecule has 5 heteroatoms. The van der Waals surface area contributed by atoms with E-state index in [1.807, 2.05) is 24.3 Å². The third-order valence-electron chi connectivity index (χ3n) is 2.98. The Morgan fingerprint density at radius 2 is 1.95 bits per heavy atom. The summed E-state index contributed by atoms with van der Waals surface area (Å²) in [6, 6.07) is 14.5. The number of benzene rings is 2. The van der Waals surface area contributed by atoms with Gasteiger partial charge in [0.15, 0.2) is 0 Å². The maximum atomic E-state index is 4.69. The lowest BCUT2D eigenvalue weighted by atomic mass is 10.2. The SMILES string of the molecule is CC(Nc1ccc(Br)cc1Br)c1nc2ccccc2s1. The normalized spacial score (nSPS) is 12.6. The van der Waals surface area contributed by atoms with Crippen molar-refractivity contribution in [3.05, 3.63) is 56.4 Å². The Morgan fingerprint density at radius 3 is 2.70 bits per heavy atom. The number of thiazole rings is 1. The van der Waals surface area contributed by atoms with Gasteiger partial charge in [-0.2, -0.15) is 0 Å². The number of nitrogens with one attached hydrogen (secondary N) is 1. The molecule has 1 atom stereocenters. The molecule has 0 bridgehead atoms. The summed E-state index contributed by atoms with van der Waals surface area (Å²) in [7, 11) is 0. The average Bonchev–Trinajstić information content (AvgIpc) is 2.86. The number of hydrogen-bond acceptors (Lipinski definition) is 3. The molecule has 0 spiro atoms. The summed E-state index contributed by atoms with van der Waals surface area (Å²) in [5, 5.41) is 4.59. The van der Waals surface area contributed by atoms with Gasteiger partial charge in [0.1, 0.15) is 5.01 Å². The molecule has 1 unspecified atom stereocenters. The van der Waals surface area contributed by atoms with Gasteiger partial charge in [-0.25, -0.2) is 4.98 Å². The molecule has 0 saturated carbocycles. The van der Waals surface area contributed by atoms with E-state index in [1.54, 1.807) is 11.3 Å². The van der Waals surface area contributed by atoms with E-state index in [9.17, 15) is 0 Å². The van der Waals surface area contributed by atoms with Gasteiger partial charge in [-0.3, -0.25) is 0 Å². The quantitative estimate of drug-likeness (QED) is 0.572. The van der Waals surface area contributed by atoms with E-state index in [0.29, 0.717) is 0 Å². The fourth-order valence-corrected chi connectivity index (χ4v) is 4.11. The second kappa shape index (κ2) is 5.84. The maximum absolute atomic E-state index is 4.69. The summed E-state index contributed by atoms with van der Waals surface area (Å²) >= 11 is 8.77. The number of rotatable bonds is 3. The predicted molar refractivity (Wildman–Crippen MR) is 93.5 cm³/mol. The second-order valence-corrected chi connectivity index (χ2v) is 7.34. The minimum Gasteiger partial charge on any atom is -0.375 e. The van der Waals surface area contributed by atoms with Crippen LogP contribution in [0, 0.1) is 0 Å². The fraction of sp³-hybridized carbons (Fsp3) is 0.133. The van der Waals surface area contributed by atoms with Crippen LogP contribution in [-0.4, -0.2) is 4.98 Å². The van der Waals surface area contributed by atoms with Crippen LogP contribution >= 0.6 is 43.2 Å². The summed E-state index contributed by atoms with van der Waals surface area (Å²) < 4.78 is 3.33. The third kappa shape index (κ3) is 2.90.